The van der Waals surface area contributed by atoms with Gasteiger partial charge < -0.3 is 20.1 Å². The summed E-state index contributed by atoms with van der Waals surface area (Å²) in [5.74, 6) is 0.424. The van der Waals surface area contributed by atoms with E-state index in [1.165, 1.54) is 19.3 Å². The molecule has 3 aromatic rings. The first-order chi connectivity index (χ1) is 16.9. The topological polar surface area (TPSA) is 99.1 Å². The van der Waals surface area contributed by atoms with Crippen LogP contribution in [-0.4, -0.2) is 35.8 Å². The summed E-state index contributed by atoms with van der Waals surface area (Å²) in [6, 6.07) is 10.4. The molecule has 3 N–H and O–H groups in total. The minimum atomic E-state index is -0.135. The second kappa shape index (κ2) is 13.3. The third kappa shape index (κ3) is 7.29. The molecule has 0 bridgehead atoms. The average molecular weight is 499 g/mol. The van der Waals surface area contributed by atoms with Crippen LogP contribution in [0.5, 0.6) is 5.88 Å². The molecular weight excluding hydrogens is 464 g/mol. The number of rotatable bonds is 13. The third-order valence-electron chi connectivity index (χ3n) is 6.16. The quantitative estimate of drug-likeness (QED) is 0.167. The molecule has 188 valence electrons. The Bertz CT molecular complexity index is 1140. The van der Waals surface area contributed by atoms with E-state index in [1.54, 1.807) is 36.4 Å². The van der Waals surface area contributed by atoms with Gasteiger partial charge in [0.25, 0.3) is 5.91 Å². The molecule has 0 spiro atoms. The van der Waals surface area contributed by atoms with E-state index in [1.807, 2.05) is 6.92 Å². The highest BCUT2D eigenvalue weighted by Gasteiger charge is 2.14. The zero-order valence-corrected chi connectivity index (χ0v) is 21.5. The number of carbonyl (C=O) groups is 1. The van der Waals surface area contributed by atoms with Crippen molar-refractivity contribution in [2.75, 3.05) is 19.8 Å². The fourth-order valence-electron chi connectivity index (χ4n) is 3.86. The molecule has 1 amide bonds. The van der Waals surface area contributed by atoms with Gasteiger partial charge in [-0.2, -0.15) is 5.11 Å². The summed E-state index contributed by atoms with van der Waals surface area (Å²) in [6.07, 6.45) is 5.61. The number of benzene rings is 2. The summed E-state index contributed by atoms with van der Waals surface area (Å²) in [6.45, 7) is 8.30. The molecule has 3 rings (SSSR count). The lowest BCUT2D eigenvalue weighted by Gasteiger charge is -2.14. The number of carbonyl (C=O) groups excluding carboxylic acids is 1. The molecule has 1 aromatic heterocycles. The predicted molar refractivity (Wildman–Crippen MR) is 141 cm³/mol. The summed E-state index contributed by atoms with van der Waals surface area (Å²) in [5.41, 5.74) is 3.03. The Hall–Kier alpha value is -2.90. The Morgan fingerprint density at radius 3 is 2.63 bits per heavy atom. The summed E-state index contributed by atoms with van der Waals surface area (Å²) in [4.78, 5) is 15.3. The molecule has 8 heteroatoms. The van der Waals surface area contributed by atoms with Gasteiger partial charge in [0.15, 0.2) is 5.69 Å². The van der Waals surface area contributed by atoms with Crippen LogP contribution in [0.3, 0.4) is 0 Å². The summed E-state index contributed by atoms with van der Waals surface area (Å²) in [5, 5.41) is 22.9. The number of aromatic hydroxyl groups is 1. The molecule has 0 radical (unpaired) electrons. The van der Waals surface area contributed by atoms with Crippen LogP contribution in [0.1, 0.15) is 61.9 Å². The summed E-state index contributed by atoms with van der Waals surface area (Å²) < 4.78 is 5.79. The average Bonchev–Trinajstić information content (AvgIpc) is 3.19. The molecule has 0 saturated heterocycles. The van der Waals surface area contributed by atoms with E-state index in [0.717, 1.165) is 35.9 Å². The van der Waals surface area contributed by atoms with Crippen molar-refractivity contribution in [3.8, 4) is 5.88 Å². The fourth-order valence-corrected chi connectivity index (χ4v) is 4.02. The first kappa shape index (κ1) is 26.7. The van der Waals surface area contributed by atoms with Crippen LogP contribution >= 0.6 is 11.6 Å². The van der Waals surface area contributed by atoms with Crippen molar-refractivity contribution >= 4 is 39.8 Å². The molecule has 0 aliphatic rings. The summed E-state index contributed by atoms with van der Waals surface area (Å²) >= 11 is 6.15. The largest absolute Gasteiger partial charge is 0.493 e. The molecule has 7 nitrogen and oxygen atoms in total. The molecule has 35 heavy (non-hydrogen) atoms. The number of nitrogens with zero attached hydrogens (tertiary/aromatic N) is 2. The van der Waals surface area contributed by atoms with Crippen molar-refractivity contribution in [1.82, 2.24) is 10.3 Å². The molecule has 0 aliphatic carbocycles. The lowest BCUT2D eigenvalue weighted by atomic mass is 10.0. The third-order valence-corrected chi connectivity index (χ3v) is 6.57. The number of azo groups is 1. The lowest BCUT2D eigenvalue weighted by molar-refractivity contribution is 0.0875. The van der Waals surface area contributed by atoms with E-state index in [0.29, 0.717) is 41.0 Å². The maximum atomic E-state index is 12.4. The molecule has 0 unspecified atom stereocenters. The van der Waals surface area contributed by atoms with E-state index >= 15 is 0 Å². The minimum absolute atomic E-state index is 0.0692. The minimum Gasteiger partial charge on any atom is -0.493 e. The monoisotopic (exact) mass is 498 g/mol. The highest BCUT2D eigenvalue weighted by atomic mass is 35.5. The van der Waals surface area contributed by atoms with Gasteiger partial charge in [0, 0.05) is 35.7 Å². The van der Waals surface area contributed by atoms with Crippen molar-refractivity contribution in [2.45, 2.75) is 52.9 Å². The maximum Gasteiger partial charge on any atom is 0.251 e. The zero-order chi connectivity index (χ0) is 25.2. The number of hydrogen-bond donors (Lipinski definition) is 3. The van der Waals surface area contributed by atoms with Crippen molar-refractivity contribution < 1.29 is 14.6 Å². The Balaban J connectivity index is 1.47. The Morgan fingerprint density at radius 2 is 1.91 bits per heavy atom. The lowest BCUT2D eigenvalue weighted by Crippen LogP contribution is -2.25. The van der Waals surface area contributed by atoms with Gasteiger partial charge in [-0.1, -0.05) is 44.7 Å². The van der Waals surface area contributed by atoms with E-state index < -0.39 is 0 Å². The van der Waals surface area contributed by atoms with E-state index in [9.17, 15) is 9.90 Å². The summed E-state index contributed by atoms with van der Waals surface area (Å²) in [7, 11) is 0. The van der Waals surface area contributed by atoms with Gasteiger partial charge in [-0.05, 0) is 67.6 Å². The molecular formula is C27H35ClN4O3. The number of halogens is 1. The molecule has 0 fully saturated rings. The van der Waals surface area contributed by atoms with Crippen molar-refractivity contribution in [3.05, 3.63) is 52.5 Å². The Morgan fingerprint density at radius 1 is 1.14 bits per heavy atom. The van der Waals surface area contributed by atoms with Crippen LogP contribution in [0.4, 0.5) is 11.4 Å². The van der Waals surface area contributed by atoms with Crippen LogP contribution in [-0.2, 0) is 4.74 Å². The van der Waals surface area contributed by atoms with Crippen LogP contribution in [0.2, 0.25) is 5.02 Å². The van der Waals surface area contributed by atoms with Crippen molar-refractivity contribution in [3.63, 3.8) is 0 Å². The van der Waals surface area contributed by atoms with Gasteiger partial charge in [-0.25, -0.2) is 0 Å². The fraction of sp³-hybridized carbons (Fsp3) is 0.444. The number of amides is 1. The van der Waals surface area contributed by atoms with Crippen molar-refractivity contribution in [2.24, 2.45) is 16.1 Å². The van der Waals surface area contributed by atoms with Gasteiger partial charge in [0.2, 0.25) is 5.88 Å². The number of fused-ring (bicyclic) bond motifs is 1. The highest BCUT2D eigenvalue weighted by Crippen LogP contribution is 2.39. The molecule has 1 heterocycles. The molecule has 0 aliphatic heterocycles. The van der Waals surface area contributed by atoms with Crippen LogP contribution in [0.25, 0.3) is 10.9 Å². The number of H-pyrrole nitrogens is 1. The number of unbranched alkanes of at least 4 members (excludes halogenated alkanes) is 1. The normalized spacial score (nSPS) is 12.5. The zero-order valence-electron chi connectivity index (χ0n) is 20.7. The number of hydrogen-bond acceptors (Lipinski definition) is 5. The van der Waals surface area contributed by atoms with Crippen LogP contribution in [0.15, 0.2) is 46.6 Å². The predicted octanol–water partition coefficient (Wildman–Crippen LogP) is 7.60. The van der Waals surface area contributed by atoms with E-state index in [2.05, 4.69) is 34.4 Å². The van der Waals surface area contributed by atoms with E-state index in [4.69, 9.17) is 16.3 Å². The van der Waals surface area contributed by atoms with Gasteiger partial charge in [-0.15, -0.1) is 5.11 Å². The van der Waals surface area contributed by atoms with Crippen LogP contribution in [0, 0.1) is 12.8 Å². The van der Waals surface area contributed by atoms with Gasteiger partial charge in [0.05, 0.1) is 11.2 Å². The smallest absolute Gasteiger partial charge is 0.251 e. The first-order valence-corrected chi connectivity index (χ1v) is 12.7. The number of nitrogens with one attached hydrogen (secondary N) is 2. The number of aryl methyl sites for hydroxylation is 1. The number of aromatic nitrogens is 1. The first-order valence-electron chi connectivity index (χ1n) is 12.3. The van der Waals surface area contributed by atoms with Gasteiger partial charge in [-0.3, -0.25) is 4.79 Å². The molecule has 2 aromatic carbocycles. The van der Waals surface area contributed by atoms with Gasteiger partial charge in [0.1, 0.15) is 0 Å². The highest BCUT2D eigenvalue weighted by molar-refractivity contribution is 6.32. The maximum absolute atomic E-state index is 12.4. The molecule has 1 atom stereocenters. The second-order valence-electron chi connectivity index (χ2n) is 8.76. The van der Waals surface area contributed by atoms with Gasteiger partial charge >= 0.3 is 0 Å². The number of aromatic amines is 1. The second-order valence-corrected chi connectivity index (χ2v) is 9.17. The SMILES string of the molecule is CCCC[C@@H](CC)COCCCNC(=O)c1ccc(N=Nc2c(O)[nH]c3c(C)c(Cl)ccc23)cc1. The van der Waals surface area contributed by atoms with E-state index in [-0.39, 0.29) is 11.8 Å². The standard InChI is InChI=1S/C27H35ClN4O3/c1-4-6-8-19(5-2)17-35-16-7-15-29-26(33)20-9-11-21(12-10-20)31-32-25-22-13-14-23(28)18(3)24(22)30-27(25)34/h9-14,19,30,34H,4-8,15-17H2,1-3H3,(H,29,33)/t19-/m1/s1. The molecule has 0 saturated carbocycles. The number of ether oxygens (including phenoxy) is 1. The van der Waals surface area contributed by atoms with Crippen LogP contribution < -0.4 is 5.32 Å². The Kier molecular flexibility index (Phi) is 10.1. The van der Waals surface area contributed by atoms with Crippen molar-refractivity contribution in [1.29, 1.82) is 0 Å². The Labute approximate surface area is 211 Å².